The molecule has 0 radical (unpaired) electrons. The summed E-state index contributed by atoms with van der Waals surface area (Å²) in [7, 11) is 7.26. The molecule has 348 valence electrons. The van der Waals surface area contributed by atoms with Crippen molar-refractivity contribution in [3.63, 3.8) is 0 Å². The van der Waals surface area contributed by atoms with Crippen LogP contribution in [-0.4, -0.2) is 33.3 Å². The molecular weight excluding hydrogens is 972 g/mol. The van der Waals surface area contributed by atoms with Crippen molar-refractivity contribution in [1.82, 2.24) is 28.2 Å². The third-order valence-electron chi connectivity index (χ3n) is 12.6. The summed E-state index contributed by atoms with van der Waals surface area (Å²) in [5.41, 5.74) is 13.7. The van der Waals surface area contributed by atoms with Gasteiger partial charge in [-0.3, -0.25) is 9.59 Å². The molecule has 3 N–H and O–H groups in total. The van der Waals surface area contributed by atoms with Gasteiger partial charge in [0.2, 0.25) is 0 Å². The molecule has 0 aliphatic carbocycles. The van der Waals surface area contributed by atoms with E-state index in [-0.39, 0.29) is 23.5 Å². The lowest BCUT2D eigenvalue weighted by Crippen LogP contribution is -2.41. The fraction of sp³-hybridized carbons (Fsp3) is 0.111. The van der Waals surface area contributed by atoms with Gasteiger partial charge < -0.3 is 29.1 Å². The Bertz CT molecular complexity index is 3420. The van der Waals surface area contributed by atoms with Gasteiger partial charge >= 0.3 is 0 Å². The molecule has 0 aliphatic rings. The van der Waals surface area contributed by atoms with Gasteiger partial charge in [-0.05, 0) is 117 Å². The van der Waals surface area contributed by atoms with Crippen molar-refractivity contribution in [3.05, 3.63) is 245 Å². The van der Waals surface area contributed by atoms with E-state index < -0.39 is 11.1 Å². The minimum absolute atomic E-state index is 0. The first-order valence-electron chi connectivity index (χ1n) is 21.3. The summed E-state index contributed by atoms with van der Waals surface area (Å²) in [6, 6.07) is 44.3. The fourth-order valence-corrected chi connectivity index (χ4v) is 9.59. The molecule has 0 spiro atoms. The zero-order valence-electron chi connectivity index (χ0n) is 37.6. The molecule has 0 saturated carbocycles. The molecular formula is C54H44Cl5N7O3. The maximum atomic E-state index is 12.8. The molecule has 69 heavy (non-hydrogen) atoms. The van der Waals surface area contributed by atoms with Crippen LogP contribution in [0.4, 0.5) is 0 Å². The van der Waals surface area contributed by atoms with Crippen molar-refractivity contribution >= 4 is 80.6 Å². The average molecular weight is 1020 g/mol. The Morgan fingerprint density at radius 2 is 0.913 bits per heavy atom. The van der Waals surface area contributed by atoms with Gasteiger partial charge in [-0.2, -0.15) is 0 Å². The highest BCUT2D eigenvalue weighted by Crippen LogP contribution is 2.41. The normalized spacial score (nSPS) is 13.0. The van der Waals surface area contributed by atoms with E-state index in [0.29, 0.717) is 36.9 Å². The Morgan fingerprint density at radius 3 is 1.36 bits per heavy atom. The number of nitrogens with two attached hydrogens (primary N) is 1. The van der Waals surface area contributed by atoms with E-state index in [1.807, 2.05) is 122 Å². The maximum Gasteiger partial charge on any atom is 0.251 e. The highest BCUT2D eigenvalue weighted by molar-refractivity contribution is 6.31. The minimum atomic E-state index is -1.51. The molecule has 2 unspecified atom stereocenters. The smallest absolute Gasteiger partial charge is 0.251 e. The molecule has 0 amide bonds. The number of aromatic nitrogens is 6. The van der Waals surface area contributed by atoms with E-state index >= 15 is 0 Å². The van der Waals surface area contributed by atoms with Gasteiger partial charge in [0.1, 0.15) is 5.54 Å². The van der Waals surface area contributed by atoms with Crippen molar-refractivity contribution in [1.29, 1.82) is 0 Å². The van der Waals surface area contributed by atoms with Gasteiger partial charge in [-0.15, -0.1) is 12.4 Å². The van der Waals surface area contributed by atoms with Crippen molar-refractivity contribution in [2.45, 2.75) is 11.1 Å². The molecule has 15 heteroatoms. The van der Waals surface area contributed by atoms with E-state index in [1.54, 1.807) is 95.3 Å². The second-order valence-electron chi connectivity index (χ2n) is 16.7. The van der Waals surface area contributed by atoms with E-state index in [0.717, 1.165) is 60.9 Å². The number of nitrogens with zero attached hydrogens (tertiary/aromatic N) is 6. The number of aliphatic hydroxyl groups is 1. The molecule has 10 rings (SSSR count). The van der Waals surface area contributed by atoms with Crippen LogP contribution in [0.3, 0.4) is 0 Å². The first-order chi connectivity index (χ1) is 32.6. The van der Waals surface area contributed by atoms with Crippen LogP contribution in [0.5, 0.6) is 0 Å². The van der Waals surface area contributed by atoms with Crippen molar-refractivity contribution in [3.8, 4) is 22.3 Å². The number of fused-ring (bicyclic) bond motifs is 2. The van der Waals surface area contributed by atoms with Crippen LogP contribution in [0.25, 0.3) is 44.1 Å². The van der Waals surface area contributed by atoms with Crippen LogP contribution in [0.2, 0.25) is 20.1 Å². The predicted molar refractivity (Wildman–Crippen MR) is 282 cm³/mol. The third-order valence-corrected chi connectivity index (χ3v) is 13.6. The molecule has 10 nitrogen and oxygen atoms in total. The van der Waals surface area contributed by atoms with Crippen LogP contribution in [0, 0.1) is 0 Å². The Kier molecular flexibility index (Phi) is 13.8. The number of hydrogen-bond acceptors (Lipinski definition) is 6. The lowest BCUT2D eigenvalue weighted by molar-refractivity contribution is 0.117. The van der Waals surface area contributed by atoms with Crippen molar-refractivity contribution in [2.75, 3.05) is 0 Å². The second-order valence-corrected chi connectivity index (χ2v) is 18.5. The zero-order valence-corrected chi connectivity index (χ0v) is 41.5. The largest absolute Gasteiger partial charge is 0.374 e. The summed E-state index contributed by atoms with van der Waals surface area (Å²) in [5.74, 6) is 0. The van der Waals surface area contributed by atoms with Crippen LogP contribution in [0.15, 0.2) is 180 Å². The number of rotatable bonds is 8. The summed E-state index contributed by atoms with van der Waals surface area (Å²) >= 11 is 24.8. The number of imidazole rings is 2. The molecule has 10 aromatic rings. The van der Waals surface area contributed by atoms with Crippen molar-refractivity contribution in [2.24, 2.45) is 33.9 Å². The fourth-order valence-electron chi connectivity index (χ4n) is 8.95. The first-order valence-corrected chi connectivity index (χ1v) is 22.9. The molecule has 2 atom stereocenters. The summed E-state index contributed by atoms with van der Waals surface area (Å²) in [6.45, 7) is 0. The first kappa shape index (κ1) is 49.0. The second kappa shape index (κ2) is 19.5. The standard InChI is InChI=1S/C27H22Cl2N4O.C27H21Cl2N3O2.ClH/c1-32-16-31-15-25(32)27(30,18-6-9-20(28)10-7-18)19-8-11-24-23(13-19)22(14-26(34)33(24)2)17-4-3-5-21(29)12-17;1-31-16-30-15-25(31)27(34,18-6-9-20(28)10-7-18)19-8-11-24-23(13-19)22(14-26(33)32(24)2)17-4-3-5-21(29)12-17;/h3-16H,30H2,1-2H3;3-16,34H,1-2H3;1H. The van der Waals surface area contributed by atoms with E-state index in [2.05, 4.69) is 9.97 Å². The summed E-state index contributed by atoms with van der Waals surface area (Å²) in [6.07, 6.45) is 6.81. The van der Waals surface area contributed by atoms with Gasteiger partial charge in [0, 0.05) is 71.2 Å². The molecule has 0 bridgehead atoms. The molecule has 6 aromatic carbocycles. The lowest BCUT2D eigenvalue weighted by atomic mass is 9.80. The molecule has 0 saturated heterocycles. The Hall–Kier alpha value is -6.47. The van der Waals surface area contributed by atoms with Gasteiger partial charge in [-0.1, -0.05) is 107 Å². The Balaban J connectivity index is 0.000000183. The number of aryl methyl sites for hydroxylation is 4. The molecule has 4 aromatic heterocycles. The SMILES string of the molecule is Cl.Cn1cncc1C(N)(c1ccc(Cl)cc1)c1ccc2c(c1)c(-c1cccc(Cl)c1)cc(=O)n2C.Cn1cncc1C(O)(c1ccc(Cl)cc1)c1ccc2c(c1)c(-c1cccc(Cl)c1)cc(=O)n2C. The van der Waals surface area contributed by atoms with Gasteiger partial charge in [0.25, 0.3) is 11.1 Å². The van der Waals surface area contributed by atoms with Gasteiger partial charge in [-0.25, -0.2) is 9.97 Å². The summed E-state index contributed by atoms with van der Waals surface area (Å²) < 4.78 is 6.94. The zero-order chi connectivity index (χ0) is 48.1. The number of halogens is 5. The predicted octanol–water partition coefficient (Wildman–Crippen LogP) is 11.4. The topological polar surface area (TPSA) is 126 Å². The van der Waals surface area contributed by atoms with E-state index in [1.165, 1.54) is 0 Å². The third kappa shape index (κ3) is 9.01. The number of pyridine rings is 2. The monoisotopic (exact) mass is 1010 g/mol. The maximum absolute atomic E-state index is 12.8. The van der Waals surface area contributed by atoms with Crippen LogP contribution in [0.1, 0.15) is 33.6 Å². The Morgan fingerprint density at radius 1 is 0.493 bits per heavy atom. The highest BCUT2D eigenvalue weighted by atomic mass is 35.5. The number of benzene rings is 6. The molecule has 0 aliphatic heterocycles. The van der Waals surface area contributed by atoms with E-state index in [4.69, 9.17) is 52.1 Å². The molecule has 4 heterocycles. The Labute approximate surface area is 423 Å². The summed E-state index contributed by atoms with van der Waals surface area (Å²) in [5, 5.41) is 16.4. The minimum Gasteiger partial charge on any atom is -0.374 e. The van der Waals surface area contributed by atoms with Crippen LogP contribution in [-0.2, 0) is 39.3 Å². The number of hydrogen-bond donors (Lipinski definition) is 2. The van der Waals surface area contributed by atoms with Crippen molar-refractivity contribution < 1.29 is 5.11 Å². The lowest BCUT2D eigenvalue weighted by Gasteiger charge is -2.31. The van der Waals surface area contributed by atoms with Gasteiger partial charge in [0.15, 0.2) is 5.60 Å². The molecule has 0 fully saturated rings. The van der Waals surface area contributed by atoms with Crippen LogP contribution < -0.4 is 16.9 Å². The van der Waals surface area contributed by atoms with E-state index in [9.17, 15) is 14.7 Å². The average Bonchev–Trinajstić information content (AvgIpc) is 3.99. The van der Waals surface area contributed by atoms with Crippen LogP contribution >= 0.6 is 58.8 Å². The quantitative estimate of drug-likeness (QED) is 0.156. The van der Waals surface area contributed by atoms with Gasteiger partial charge in [0.05, 0.1) is 47.5 Å². The summed E-state index contributed by atoms with van der Waals surface area (Å²) in [4.78, 5) is 34.0. The highest BCUT2D eigenvalue weighted by Gasteiger charge is 2.38.